The highest BCUT2D eigenvalue weighted by molar-refractivity contribution is 7.47. The van der Waals surface area contributed by atoms with Crippen molar-refractivity contribution in [2.75, 3.05) is 39.6 Å². The van der Waals surface area contributed by atoms with Crippen LogP contribution in [0, 0.1) is 0 Å². The Balaban J connectivity index is 5.21. The lowest BCUT2D eigenvalue weighted by atomic mass is 10.0. The molecule has 0 fully saturated rings. The van der Waals surface area contributed by atoms with Gasteiger partial charge in [-0.2, -0.15) is 0 Å². The van der Waals surface area contributed by atoms with Crippen LogP contribution in [-0.2, 0) is 65.4 Å². The predicted octanol–water partition coefficient (Wildman–Crippen LogP) is 27.7. The van der Waals surface area contributed by atoms with Gasteiger partial charge in [0, 0.05) is 25.7 Å². The predicted molar refractivity (Wildman–Crippen MR) is 446 cm³/mol. The number of phosphoric ester groups is 2. The van der Waals surface area contributed by atoms with Gasteiger partial charge in [-0.25, -0.2) is 9.13 Å². The second-order valence-electron chi connectivity index (χ2n) is 32.0. The van der Waals surface area contributed by atoms with Crippen LogP contribution in [0.3, 0.4) is 0 Å². The van der Waals surface area contributed by atoms with E-state index < -0.39 is 97.5 Å². The molecule has 0 heterocycles. The topological polar surface area (TPSA) is 237 Å². The number of rotatable bonds is 90. The van der Waals surface area contributed by atoms with Gasteiger partial charge in [-0.05, 0) is 25.7 Å². The van der Waals surface area contributed by atoms with E-state index in [1.54, 1.807) is 0 Å². The quantitative estimate of drug-likeness (QED) is 0.0222. The first-order valence-corrected chi connectivity index (χ1v) is 49.3. The minimum atomic E-state index is -4.97. The first kappa shape index (κ1) is 106. The van der Waals surface area contributed by atoms with E-state index in [2.05, 4.69) is 27.7 Å². The molecule has 0 rings (SSSR count). The Bertz CT molecular complexity index is 2030. The molecule has 0 aliphatic rings. The molecule has 0 aromatic heterocycles. The van der Waals surface area contributed by atoms with E-state index in [9.17, 15) is 43.2 Å². The minimum absolute atomic E-state index is 0.109. The third-order valence-electron chi connectivity index (χ3n) is 21.1. The van der Waals surface area contributed by atoms with Crippen LogP contribution in [0.15, 0.2) is 0 Å². The lowest BCUT2D eigenvalue weighted by Crippen LogP contribution is -2.30. The summed E-state index contributed by atoms with van der Waals surface area (Å²) in [6.07, 6.45) is 79.3. The summed E-state index contributed by atoms with van der Waals surface area (Å²) in [5.74, 6) is -2.09. The van der Waals surface area contributed by atoms with Gasteiger partial charge < -0.3 is 33.8 Å². The van der Waals surface area contributed by atoms with Crippen LogP contribution >= 0.6 is 15.6 Å². The molecule has 642 valence electrons. The van der Waals surface area contributed by atoms with Crippen molar-refractivity contribution in [3.8, 4) is 0 Å². The van der Waals surface area contributed by atoms with Gasteiger partial charge in [-0.3, -0.25) is 37.3 Å². The molecule has 0 radical (unpaired) electrons. The van der Waals surface area contributed by atoms with Crippen LogP contribution in [0.4, 0.5) is 0 Å². The van der Waals surface area contributed by atoms with E-state index in [1.807, 2.05) is 0 Å². The molecule has 0 aromatic carbocycles. The SMILES string of the molecule is CCCCCCCCCCCCCCCCCCCCCCCC(=O)O[C@H](COC(=O)CCCCCCCCCCCCCCCCCCCCCC)COP(=O)(O)OC[C@@H](O)COP(=O)(O)OC[C@@H](COC(=O)CCCCCCCCCCCC)OC(=O)CCCCCCCCCCCCCCCCCCC. The molecule has 0 saturated heterocycles. The maximum absolute atomic E-state index is 13.2. The van der Waals surface area contributed by atoms with Gasteiger partial charge in [0.1, 0.15) is 19.3 Å². The summed E-state index contributed by atoms with van der Waals surface area (Å²) in [6, 6.07) is 0. The van der Waals surface area contributed by atoms with Crippen molar-refractivity contribution in [3.05, 3.63) is 0 Å². The first-order chi connectivity index (χ1) is 52.7. The number of carbonyl (C=O) groups excluding carboxylic acids is 4. The maximum Gasteiger partial charge on any atom is 0.472 e. The molecule has 0 aromatic rings. The largest absolute Gasteiger partial charge is 0.472 e. The Morgan fingerprint density at radius 2 is 0.370 bits per heavy atom. The number of carbonyl (C=O) groups is 4. The van der Waals surface area contributed by atoms with Gasteiger partial charge in [-0.1, -0.05) is 439 Å². The Kier molecular flexibility index (Phi) is 81.5. The van der Waals surface area contributed by atoms with Gasteiger partial charge in [0.05, 0.1) is 26.4 Å². The zero-order valence-corrected chi connectivity index (χ0v) is 72.6. The highest BCUT2D eigenvalue weighted by atomic mass is 31.2. The summed E-state index contributed by atoms with van der Waals surface area (Å²) < 4.78 is 69.0. The Labute approximate surface area is 664 Å². The Hall–Kier alpha value is -1.94. The molecule has 0 bridgehead atoms. The van der Waals surface area contributed by atoms with Crippen molar-refractivity contribution < 1.29 is 80.2 Å². The standard InChI is InChI=1S/C89H174O17P2/c1-5-9-13-17-21-25-29-32-35-38-40-42-44-47-50-53-56-60-64-68-72-76-89(94)106-85(80-100-87(92)74-70-66-62-58-54-51-48-46-43-41-39-36-33-30-26-22-18-14-10-6-2)82-104-108(97,98)102-78-83(90)77-101-107(95,96)103-81-84(79-99-86(91)73-69-65-61-57-28-24-20-16-12-8-4)105-88(93)75-71-67-63-59-55-52-49-45-37-34-31-27-23-19-15-11-7-3/h83-85,90H,5-82H2,1-4H3,(H,95,96)(H,97,98)/t83-,84+,85+/m0/s1. The normalized spacial score (nSPS) is 13.7. The van der Waals surface area contributed by atoms with E-state index in [4.69, 9.17) is 37.0 Å². The van der Waals surface area contributed by atoms with Gasteiger partial charge >= 0.3 is 39.5 Å². The van der Waals surface area contributed by atoms with Crippen molar-refractivity contribution in [2.45, 2.75) is 508 Å². The molecule has 17 nitrogen and oxygen atoms in total. The van der Waals surface area contributed by atoms with E-state index in [-0.39, 0.29) is 25.7 Å². The molecular weight excluding hydrogens is 1400 g/mol. The summed E-state index contributed by atoms with van der Waals surface area (Å²) in [5, 5.41) is 10.7. The number of aliphatic hydroxyl groups is 1. The summed E-state index contributed by atoms with van der Waals surface area (Å²) in [5.41, 5.74) is 0. The fourth-order valence-corrected chi connectivity index (χ4v) is 15.6. The fraction of sp³-hybridized carbons (Fsp3) is 0.955. The zero-order valence-electron chi connectivity index (χ0n) is 70.8. The monoisotopic (exact) mass is 1580 g/mol. The minimum Gasteiger partial charge on any atom is -0.462 e. The van der Waals surface area contributed by atoms with Crippen LogP contribution in [0.1, 0.15) is 490 Å². The number of hydrogen-bond acceptors (Lipinski definition) is 15. The maximum atomic E-state index is 13.2. The summed E-state index contributed by atoms with van der Waals surface area (Å²) in [7, 11) is -9.93. The molecule has 0 aliphatic heterocycles. The average molecular weight is 1580 g/mol. The molecule has 0 amide bonds. The van der Waals surface area contributed by atoms with Gasteiger partial charge in [0.15, 0.2) is 12.2 Å². The van der Waals surface area contributed by atoms with Crippen molar-refractivity contribution in [1.29, 1.82) is 0 Å². The molecule has 19 heteroatoms. The summed E-state index contributed by atoms with van der Waals surface area (Å²) >= 11 is 0. The van der Waals surface area contributed by atoms with E-state index >= 15 is 0 Å². The second-order valence-corrected chi connectivity index (χ2v) is 34.9. The second kappa shape index (κ2) is 83.0. The number of ether oxygens (including phenoxy) is 4. The number of hydrogen-bond donors (Lipinski definition) is 3. The Morgan fingerprint density at radius 3 is 0.546 bits per heavy atom. The lowest BCUT2D eigenvalue weighted by Gasteiger charge is -2.21. The fourth-order valence-electron chi connectivity index (χ4n) is 14.1. The molecule has 3 N–H and O–H groups in total. The van der Waals surface area contributed by atoms with Gasteiger partial charge in [0.2, 0.25) is 0 Å². The smallest absolute Gasteiger partial charge is 0.462 e. The third-order valence-corrected chi connectivity index (χ3v) is 23.0. The average Bonchev–Trinajstić information content (AvgIpc) is 0.903. The molecule has 5 atom stereocenters. The first-order valence-electron chi connectivity index (χ1n) is 46.3. The number of phosphoric acid groups is 2. The van der Waals surface area contributed by atoms with Gasteiger partial charge in [0.25, 0.3) is 0 Å². The summed E-state index contributed by atoms with van der Waals surface area (Å²) in [4.78, 5) is 73.3. The van der Waals surface area contributed by atoms with Crippen LogP contribution in [0.25, 0.3) is 0 Å². The van der Waals surface area contributed by atoms with Crippen molar-refractivity contribution in [2.24, 2.45) is 0 Å². The van der Waals surface area contributed by atoms with Crippen LogP contribution in [-0.4, -0.2) is 96.7 Å². The number of esters is 4. The van der Waals surface area contributed by atoms with Gasteiger partial charge in [-0.15, -0.1) is 0 Å². The highest BCUT2D eigenvalue weighted by Crippen LogP contribution is 2.45. The van der Waals surface area contributed by atoms with Crippen LogP contribution < -0.4 is 0 Å². The van der Waals surface area contributed by atoms with Crippen molar-refractivity contribution >= 4 is 39.5 Å². The van der Waals surface area contributed by atoms with E-state index in [0.29, 0.717) is 25.7 Å². The molecule has 0 aliphatic carbocycles. The van der Waals surface area contributed by atoms with Crippen molar-refractivity contribution in [3.63, 3.8) is 0 Å². The molecule has 2 unspecified atom stereocenters. The van der Waals surface area contributed by atoms with Crippen LogP contribution in [0.5, 0.6) is 0 Å². The molecule has 0 saturated carbocycles. The molecule has 0 spiro atoms. The number of unbranched alkanes of at least 4 members (excludes halogenated alkanes) is 64. The van der Waals surface area contributed by atoms with E-state index in [1.165, 1.54) is 321 Å². The lowest BCUT2D eigenvalue weighted by molar-refractivity contribution is -0.161. The molecular formula is C89H174O17P2. The van der Waals surface area contributed by atoms with Crippen molar-refractivity contribution in [1.82, 2.24) is 0 Å². The van der Waals surface area contributed by atoms with E-state index in [0.717, 1.165) is 89.9 Å². The number of aliphatic hydroxyl groups excluding tert-OH is 1. The zero-order chi connectivity index (χ0) is 78.9. The summed E-state index contributed by atoms with van der Waals surface area (Å²) in [6.45, 7) is 5.07. The Morgan fingerprint density at radius 1 is 0.222 bits per heavy atom. The highest BCUT2D eigenvalue weighted by Gasteiger charge is 2.30. The molecule has 108 heavy (non-hydrogen) atoms. The third kappa shape index (κ3) is 82.1. The van der Waals surface area contributed by atoms with Crippen LogP contribution in [0.2, 0.25) is 0 Å².